The molecule has 0 unspecified atom stereocenters. The lowest BCUT2D eigenvalue weighted by Gasteiger charge is -2.32. The van der Waals surface area contributed by atoms with Gasteiger partial charge in [0.05, 0.1) is 10.7 Å². The summed E-state index contributed by atoms with van der Waals surface area (Å²) in [6, 6.07) is 5.20. The normalized spacial score (nSPS) is 19.4. The van der Waals surface area contributed by atoms with Gasteiger partial charge in [0.15, 0.2) is 5.96 Å². The molecule has 0 spiro atoms. The van der Waals surface area contributed by atoms with Crippen molar-refractivity contribution in [3.63, 3.8) is 0 Å². The Labute approximate surface area is 145 Å². The predicted molar refractivity (Wildman–Crippen MR) is 92.8 cm³/mol. The van der Waals surface area contributed by atoms with E-state index in [0.717, 1.165) is 3.57 Å². The number of rotatable bonds is 1. The second-order valence-corrected chi connectivity index (χ2v) is 6.45. The first-order valence-electron chi connectivity index (χ1n) is 6.53. The van der Waals surface area contributed by atoms with E-state index in [1.54, 1.807) is 23.1 Å². The molecule has 1 saturated heterocycles. The van der Waals surface area contributed by atoms with Crippen molar-refractivity contribution in [2.45, 2.75) is 18.8 Å². The highest BCUT2D eigenvalue weighted by molar-refractivity contribution is 14.1. The van der Waals surface area contributed by atoms with Crippen molar-refractivity contribution in [1.29, 1.82) is 0 Å². The van der Waals surface area contributed by atoms with E-state index in [1.807, 2.05) is 0 Å². The monoisotopic (exact) mass is 441 g/mol. The van der Waals surface area contributed by atoms with Crippen LogP contribution in [-0.4, -0.2) is 35.8 Å². The molecular formula is C13H15ClF2IN5. The van der Waals surface area contributed by atoms with Gasteiger partial charge in [0.2, 0.25) is 5.96 Å². The molecule has 1 aliphatic rings. The van der Waals surface area contributed by atoms with Gasteiger partial charge in [-0.2, -0.15) is 4.99 Å². The van der Waals surface area contributed by atoms with Crippen LogP contribution in [0.5, 0.6) is 0 Å². The number of hydrogen-bond donors (Lipinski definition) is 2. The maximum absolute atomic E-state index is 13.1. The first-order valence-corrected chi connectivity index (χ1v) is 7.99. The highest BCUT2D eigenvalue weighted by Crippen LogP contribution is 2.27. The minimum atomic E-state index is -2.63. The zero-order chi connectivity index (χ0) is 16.3. The molecule has 0 atom stereocenters. The largest absolute Gasteiger partial charge is 0.369 e. The summed E-state index contributed by atoms with van der Waals surface area (Å²) in [5, 5.41) is 0.560. The third-order valence-corrected chi connectivity index (χ3v) is 4.77. The summed E-state index contributed by atoms with van der Waals surface area (Å²) in [4.78, 5) is 9.61. The fraction of sp³-hybridized carbons (Fsp3) is 0.385. The van der Waals surface area contributed by atoms with Crippen LogP contribution in [0.25, 0.3) is 0 Å². The number of hydrogen-bond acceptors (Lipinski definition) is 1. The number of guanidine groups is 2. The summed E-state index contributed by atoms with van der Waals surface area (Å²) >= 11 is 8.09. The molecule has 5 nitrogen and oxygen atoms in total. The number of aliphatic imine (C=N–C) groups is 2. The summed E-state index contributed by atoms with van der Waals surface area (Å²) in [6.45, 7) is 0.288. The Morgan fingerprint density at radius 2 is 1.91 bits per heavy atom. The summed E-state index contributed by atoms with van der Waals surface area (Å²) in [6.07, 6.45) is -0.486. The number of nitrogens with zero attached hydrogens (tertiary/aromatic N) is 3. The smallest absolute Gasteiger partial charge is 0.251 e. The molecule has 0 saturated carbocycles. The van der Waals surface area contributed by atoms with Crippen LogP contribution in [0.3, 0.4) is 0 Å². The molecule has 0 aliphatic carbocycles. The number of piperidine rings is 1. The standard InChI is InChI=1S/C13H15ClF2IN5/c14-9-7-8(1-2-10(9)17)20-11(18)21-12(19)22-5-3-13(15,16)4-6-22/h1-2,7H,3-6H2,(H4,18,19,20,21). The van der Waals surface area contributed by atoms with Crippen LogP contribution in [0.15, 0.2) is 28.2 Å². The van der Waals surface area contributed by atoms with Gasteiger partial charge in [-0.3, -0.25) is 0 Å². The third-order valence-electron chi connectivity index (χ3n) is 3.19. The van der Waals surface area contributed by atoms with Gasteiger partial charge in [-0.15, -0.1) is 0 Å². The number of likely N-dealkylation sites (tertiary alicyclic amines) is 1. The van der Waals surface area contributed by atoms with Crippen LogP contribution >= 0.6 is 34.2 Å². The average Bonchev–Trinajstić information content (AvgIpc) is 2.42. The number of alkyl halides is 2. The van der Waals surface area contributed by atoms with E-state index < -0.39 is 5.92 Å². The summed E-state index contributed by atoms with van der Waals surface area (Å²) in [5.74, 6) is -2.59. The average molecular weight is 442 g/mol. The summed E-state index contributed by atoms with van der Waals surface area (Å²) in [7, 11) is 0. The molecule has 1 fully saturated rings. The lowest BCUT2D eigenvalue weighted by atomic mass is 10.1. The van der Waals surface area contributed by atoms with E-state index in [0.29, 0.717) is 10.7 Å². The van der Waals surface area contributed by atoms with Gasteiger partial charge in [0.25, 0.3) is 5.92 Å². The molecule has 0 aromatic heterocycles. The van der Waals surface area contributed by atoms with Gasteiger partial charge in [-0.05, 0) is 40.8 Å². The highest BCUT2D eigenvalue weighted by Gasteiger charge is 2.34. The summed E-state index contributed by atoms with van der Waals surface area (Å²) in [5.41, 5.74) is 12.1. The molecule has 1 heterocycles. The SMILES string of the molecule is NC(=Nc1ccc(I)c(Cl)c1)/N=C(\N)N1CCC(F)(F)CC1. The molecule has 9 heteroatoms. The lowest BCUT2D eigenvalue weighted by Crippen LogP contribution is -2.46. The van der Waals surface area contributed by atoms with Gasteiger partial charge in [0.1, 0.15) is 0 Å². The van der Waals surface area contributed by atoms with Crippen molar-refractivity contribution in [1.82, 2.24) is 4.90 Å². The molecule has 0 radical (unpaired) electrons. The van der Waals surface area contributed by atoms with Crippen molar-refractivity contribution in [2.75, 3.05) is 13.1 Å². The zero-order valence-electron chi connectivity index (χ0n) is 11.6. The van der Waals surface area contributed by atoms with Crippen LogP contribution in [0.4, 0.5) is 14.5 Å². The van der Waals surface area contributed by atoms with E-state index in [2.05, 4.69) is 32.6 Å². The molecule has 1 aliphatic heterocycles. The third kappa shape index (κ3) is 4.67. The Kier molecular flexibility index (Phi) is 5.43. The van der Waals surface area contributed by atoms with Crippen LogP contribution < -0.4 is 11.5 Å². The Bertz CT molecular complexity index is 610. The zero-order valence-corrected chi connectivity index (χ0v) is 14.5. The fourth-order valence-electron chi connectivity index (χ4n) is 1.96. The van der Waals surface area contributed by atoms with Crippen molar-refractivity contribution in [3.8, 4) is 0 Å². The van der Waals surface area contributed by atoms with E-state index in [9.17, 15) is 8.78 Å². The second kappa shape index (κ2) is 6.95. The molecule has 1 aromatic rings. The Balaban J connectivity index is 2.07. The molecule has 0 amide bonds. The minimum absolute atomic E-state index is 0.0490. The van der Waals surface area contributed by atoms with E-state index in [4.69, 9.17) is 23.1 Å². The molecule has 1 aromatic carbocycles. The lowest BCUT2D eigenvalue weighted by molar-refractivity contribution is -0.0435. The Morgan fingerprint density at radius 1 is 1.27 bits per heavy atom. The Morgan fingerprint density at radius 3 is 2.50 bits per heavy atom. The van der Waals surface area contributed by atoms with Gasteiger partial charge in [-0.1, -0.05) is 11.6 Å². The number of benzene rings is 1. The fourth-order valence-corrected chi connectivity index (χ4v) is 2.47. The van der Waals surface area contributed by atoms with Gasteiger partial charge < -0.3 is 16.4 Å². The first-order chi connectivity index (χ1) is 10.3. The number of halogens is 4. The topological polar surface area (TPSA) is 80.0 Å². The maximum Gasteiger partial charge on any atom is 0.251 e. The van der Waals surface area contributed by atoms with Crippen molar-refractivity contribution < 1.29 is 8.78 Å². The van der Waals surface area contributed by atoms with Crippen LogP contribution in [-0.2, 0) is 0 Å². The molecular weight excluding hydrogens is 427 g/mol. The van der Waals surface area contributed by atoms with Gasteiger partial charge >= 0.3 is 0 Å². The molecule has 4 N–H and O–H groups in total. The van der Waals surface area contributed by atoms with E-state index in [1.165, 1.54) is 0 Å². The quantitative estimate of drug-likeness (QED) is 0.399. The van der Waals surface area contributed by atoms with Crippen LogP contribution in [0.2, 0.25) is 5.02 Å². The van der Waals surface area contributed by atoms with Crippen LogP contribution in [0.1, 0.15) is 12.8 Å². The highest BCUT2D eigenvalue weighted by atomic mass is 127. The number of nitrogens with two attached hydrogens (primary N) is 2. The Hall–Kier alpha value is -1.16. The second-order valence-electron chi connectivity index (χ2n) is 4.88. The van der Waals surface area contributed by atoms with Gasteiger partial charge in [-0.25, -0.2) is 13.8 Å². The van der Waals surface area contributed by atoms with Crippen LogP contribution in [0, 0.1) is 3.57 Å². The van der Waals surface area contributed by atoms with Crippen molar-refractivity contribution in [3.05, 3.63) is 26.8 Å². The maximum atomic E-state index is 13.1. The molecule has 0 bridgehead atoms. The van der Waals surface area contributed by atoms with Gasteiger partial charge in [0, 0.05) is 29.5 Å². The molecule has 22 heavy (non-hydrogen) atoms. The van der Waals surface area contributed by atoms with E-state index in [-0.39, 0.29) is 37.9 Å². The minimum Gasteiger partial charge on any atom is -0.369 e. The van der Waals surface area contributed by atoms with Crippen molar-refractivity contribution >= 4 is 51.8 Å². The predicted octanol–water partition coefficient (Wildman–Crippen LogP) is 2.94. The molecule has 2 rings (SSSR count). The molecule has 120 valence electrons. The van der Waals surface area contributed by atoms with Crippen molar-refractivity contribution in [2.24, 2.45) is 21.5 Å². The first kappa shape index (κ1) is 17.2. The van der Waals surface area contributed by atoms with E-state index >= 15 is 0 Å². The summed E-state index contributed by atoms with van der Waals surface area (Å²) < 4.78 is 27.1.